The Balaban J connectivity index is 2.60. The molecule has 0 radical (unpaired) electrons. The summed E-state index contributed by atoms with van der Waals surface area (Å²) in [6.07, 6.45) is 3.56. The van der Waals surface area contributed by atoms with Gasteiger partial charge in [-0.15, -0.1) is 0 Å². The molecule has 0 bridgehead atoms. The highest BCUT2D eigenvalue weighted by molar-refractivity contribution is 5.75. The van der Waals surface area contributed by atoms with Crippen LogP contribution < -0.4 is 4.99 Å². The second kappa shape index (κ2) is 1.20. The lowest BCUT2D eigenvalue weighted by Gasteiger charge is -1.76. The van der Waals surface area contributed by atoms with Crippen LogP contribution in [0.4, 0.5) is 0 Å². The molecule has 1 N–H and O–H groups in total. The van der Waals surface area contributed by atoms with Gasteiger partial charge in [0.15, 0.2) is 6.21 Å². The molecule has 0 aliphatic carbocycles. The molecule has 0 aromatic carbocycles. The van der Waals surface area contributed by atoms with Gasteiger partial charge in [-0.2, -0.15) is 0 Å². The number of nitrogens with one attached hydrogen (secondary N) is 1. The number of hydrogen-bond donors (Lipinski definition) is 1. The smallest absolute Gasteiger partial charge is 0.268 e. The van der Waals surface area contributed by atoms with E-state index in [-0.39, 0.29) is 0 Å². The van der Waals surface area contributed by atoms with Crippen LogP contribution in [0.3, 0.4) is 0 Å². The maximum absolute atomic E-state index is 3.80. The van der Waals surface area contributed by atoms with Crippen molar-refractivity contribution in [3.8, 4) is 0 Å². The van der Waals surface area contributed by atoms with Gasteiger partial charge in [0.05, 0.1) is 0 Å². The third-order valence-corrected chi connectivity index (χ3v) is 0.722. The highest BCUT2D eigenvalue weighted by Crippen LogP contribution is 1.65. The molecule has 0 spiro atoms. The molecule has 0 saturated heterocycles. The molecule has 2 nitrogen and oxygen atoms in total. The van der Waals surface area contributed by atoms with Crippen LogP contribution in [0, 0.1) is 0 Å². The molecular formula is C4H7N2+. The maximum Gasteiger partial charge on any atom is 0.279 e. The fourth-order valence-corrected chi connectivity index (χ4v) is 0.376. The van der Waals surface area contributed by atoms with E-state index < -0.39 is 0 Å². The Kier molecular flexibility index (Phi) is 0.708. The summed E-state index contributed by atoms with van der Waals surface area (Å²) in [5, 5.41) is 0. The van der Waals surface area contributed by atoms with Gasteiger partial charge in [0.2, 0.25) is 0 Å². The van der Waals surface area contributed by atoms with Crippen molar-refractivity contribution in [2.75, 3.05) is 0 Å². The summed E-state index contributed by atoms with van der Waals surface area (Å²) in [6.45, 7) is 2.05. The normalized spacial score (nSPS) is 29.2. The first-order chi connectivity index (χ1) is 2.89. The molecule has 2 heteroatoms. The zero-order valence-corrected chi connectivity index (χ0v) is 3.68. The zero-order chi connectivity index (χ0) is 4.41. The fourth-order valence-electron chi connectivity index (χ4n) is 0.376. The Morgan fingerprint density at radius 3 is 2.83 bits per heavy atom. The number of rotatable bonds is 0. The molecule has 32 valence electrons. The molecule has 0 aromatic heterocycles. The zero-order valence-electron chi connectivity index (χ0n) is 3.68. The summed E-state index contributed by atoms with van der Waals surface area (Å²) in [7, 11) is 0. The van der Waals surface area contributed by atoms with Gasteiger partial charge in [-0.25, -0.2) is 0 Å². The van der Waals surface area contributed by atoms with E-state index in [0.717, 1.165) is 0 Å². The number of nitrogens with zero attached hydrogens (tertiary/aromatic N) is 1. The van der Waals surface area contributed by atoms with Crippen molar-refractivity contribution in [1.29, 1.82) is 0 Å². The molecule has 1 heterocycles. The third kappa shape index (κ3) is 0.455. The minimum atomic E-state index is 0.449. The standard InChI is InChI=1S/C4H6N2/c1-4-2-5-3-6-4/h2-4H,1H3/p+1. The molecule has 0 saturated carbocycles. The van der Waals surface area contributed by atoms with Crippen molar-refractivity contribution in [1.82, 2.24) is 0 Å². The van der Waals surface area contributed by atoms with Gasteiger partial charge in [-0.05, 0) is 6.92 Å². The molecule has 0 fully saturated rings. The van der Waals surface area contributed by atoms with Crippen molar-refractivity contribution >= 4 is 12.6 Å². The lowest BCUT2D eigenvalue weighted by molar-refractivity contribution is -0.467. The van der Waals surface area contributed by atoms with Crippen molar-refractivity contribution in [2.45, 2.75) is 13.0 Å². The quantitative estimate of drug-likeness (QED) is 0.371. The molecule has 1 unspecified atom stereocenters. The van der Waals surface area contributed by atoms with Gasteiger partial charge in [0.1, 0.15) is 6.04 Å². The van der Waals surface area contributed by atoms with Crippen LogP contribution in [-0.4, -0.2) is 18.6 Å². The predicted octanol–water partition coefficient (Wildman–Crippen LogP) is -1.43. The van der Waals surface area contributed by atoms with Gasteiger partial charge < -0.3 is 0 Å². The van der Waals surface area contributed by atoms with E-state index in [0.29, 0.717) is 6.04 Å². The maximum atomic E-state index is 3.80. The molecule has 1 atom stereocenters. The van der Waals surface area contributed by atoms with Gasteiger partial charge in [-0.1, -0.05) is 4.99 Å². The second-order valence-corrected chi connectivity index (χ2v) is 1.38. The molecule has 0 aromatic rings. The van der Waals surface area contributed by atoms with Crippen molar-refractivity contribution in [3.63, 3.8) is 0 Å². The van der Waals surface area contributed by atoms with E-state index in [4.69, 9.17) is 0 Å². The van der Waals surface area contributed by atoms with E-state index in [1.54, 1.807) is 6.34 Å². The van der Waals surface area contributed by atoms with Crippen LogP contribution in [0.1, 0.15) is 6.92 Å². The first kappa shape index (κ1) is 3.53. The summed E-state index contributed by atoms with van der Waals surface area (Å²) < 4.78 is 0. The number of aliphatic imine (C=N–C) groups is 1. The Morgan fingerprint density at radius 1 is 1.83 bits per heavy atom. The Labute approximate surface area is 36.6 Å². The van der Waals surface area contributed by atoms with E-state index in [2.05, 4.69) is 9.98 Å². The molecule has 1 aliphatic rings. The first-order valence-corrected chi connectivity index (χ1v) is 2.00. The fraction of sp³-hybridized carbons (Fsp3) is 0.500. The topological polar surface area (TPSA) is 26.3 Å². The molecular weight excluding hydrogens is 76.1 g/mol. The first-order valence-electron chi connectivity index (χ1n) is 2.00. The summed E-state index contributed by atoms with van der Waals surface area (Å²) in [5.41, 5.74) is 0. The average Bonchev–Trinajstić information content (AvgIpc) is 1.86. The monoisotopic (exact) mass is 83.1 g/mol. The van der Waals surface area contributed by atoms with Crippen molar-refractivity contribution in [2.24, 2.45) is 4.99 Å². The van der Waals surface area contributed by atoms with E-state index >= 15 is 0 Å². The van der Waals surface area contributed by atoms with Gasteiger partial charge in [-0.3, -0.25) is 4.99 Å². The molecule has 0 amide bonds. The van der Waals surface area contributed by atoms with Crippen LogP contribution in [0.25, 0.3) is 0 Å². The van der Waals surface area contributed by atoms with Crippen molar-refractivity contribution in [3.05, 3.63) is 0 Å². The summed E-state index contributed by atoms with van der Waals surface area (Å²) >= 11 is 0. The Morgan fingerprint density at radius 2 is 2.67 bits per heavy atom. The lowest BCUT2D eigenvalue weighted by Crippen LogP contribution is -2.73. The second-order valence-electron chi connectivity index (χ2n) is 1.38. The highest BCUT2D eigenvalue weighted by atomic mass is 14.9. The summed E-state index contributed by atoms with van der Waals surface area (Å²) in [6, 6.07) is 0.449. The largest absolute Gasteiger partial charge is 0.279 e. The summed E-state index contributed by atoms with van der Waals surface area (Å²) in [4.78, 5) is 6.78. The van der Waals surface area contributed by atoms with Gasteiger partial charge in [0, 0.05) is 0 Å². The van der Waals surface area contributed by atoms with Crippen LogP contribution in [0.15, 0.2) is 4.99 Å². The van der Waals surface area contributed by atoms with E-state index in [9.17, 15) is 0 Å². The summed E-state index contributed by atoms with van der Waals surface area (Å²) in [5.74, 6) is 0. The minimum absolute atomic E-state index is 0.449. The third-order valence-electron chi connectivity index (χ3n) is 0.722. The molecule has 1 aliphatic heterocycles. The molecule has 1 rings (SSSR count). The molecule has 6 heavy (non-hydrogen) atoms. The van der Waals surface area contributed by atoms with Crippen molar-refractivity contribution < 1.29 is 4.99 Å². The average molecular weight is 83.1 g/mol. The van der Waals surface area contributed by atoms with E-state index in [1.165, 1.54) is 0 Å². The highest BCUT2D eigenvalue weighted by Gasteiger charge is 2.01. The van der Waals surface area contributed by atoms with Gasteiger partial charge >= 0.3 is 0 Å². The van der Waals surface area contributed by atoms with Crippen LogP contribution in [0.5, 0.6) is 0 Å². The van der Waals surface area contributed by atoms with E-state index in [1.807, 2.05) is 13.1 Å². The Bertz CT molecular complexity index is 81.7. The lowest BCUT2D eigenvalue weighted by atomic mass is 10.4. The minimum Gasteiger partial charge on any atom is -0.268 e. The number of hydrogen-bond acceptors (Lipinski definition) is 1. The SMILES string of the molecule is CC1C=NC=[NH+]1. The Hall–Kier alpha value is -0.660. The predicted molar refractivity (Wildman–Crippen MR) is 25.0 cm³/mol. The van der Waals surface area contributed by atoms with Crippen LogP contribution in [-0.2, 0) is 0 Å². The van der Waals surface area contributed by atoms with Crippen LogP contribution in [0.2, 0.25) is 0 Å². The van der Waals surface area contributed by atoms with Gasteiger partial charge in [0.25, 0.3) is 6.34 Å². The van der Waals surface area contributed by atoms with Crippen LogP contribution >= 0.6 is 0 Å².